The van der Waals surface area contributed by atoms with Gasteiger partial charge in [0.05, 0.1) is 24.1 Å². The highest BCUT2D eigenvalue weighted by Crippen LogP contribution is 2.39. The van der Waals surface area contributed by atoms with Gasteiger partial charge in [0.2, 0.25) is 0 Å². The lowest BCUT2D eigenvalue weighted by Gasteiger charge is -2.34. The number of hydroxylamine groups is 1. The Morgan fingerprint density at radius 2 is 1.85 bits per heavy atom. The van der Waals surface area contributed by atoms with Crippen molar-refractivity contribution in [1.29, 1.82) is 0 Å². The largest absolute Gasteiger partial charge is 0.478 e. The van der Waals surface area contributed by atoms with E-state index in [1.165, 1.54) is 12.1 Å². The molecule has 2 amide bonds. The molecule has 0 saturated carbocycles. The molecule has 0 aromatic heterocycles. The van der Waals surface area contributed by atoms with Crippen molar-refractivity contribution in [1.82, 2.24) is 10.8 Å². The molecule has 0 fully saturated rings. The van der Waals surface area contributed by atoms with Crippen LogP contribution < -0.4 is 10.8 Å². The van der Waals surface area contributed by atoms with Crippen LogP contribution in [0.25, 0.3) is 0 Å². The minimum Gasteiger partial charge on any atom is -0.478 e. The van der Waals surface area contributed by atoms with Crippen molar-refractivity contribution in [3.8, 4) is 0 Å². The number of halogens is 1. The van der Waals surface area contributed by atoms with Gasteiger partial charge in [0.25, 0.3) is 11.8 Å². The molecule has 3 aromatic rings. The third kappa shape index (κ3) is 4.74. The summed E-state index contributed by atoms with van der Waals surface area (Å²) in [6.07, 6.45) is 0. The molecule has 8 heteroatoms. The van der Waals surface area contributed by atoms with Crippen molar-refractivity contribution in [2.45, 2.75) is 25.5 Å². The monoisotopic (exact) mass is 464 g/mol. The summed E-state index contributed by atoms with van der Waals surface area (Å²) in [5, 5.41) is 12.5. The highest BCUT2D eigenvalue weighted by Gasteiger charge is 2.40. The van der Waals surface area contributed by atoms with Gasteiger partial charge >= 0.3 is 5.97 Å². The first-order chi connectivity index (χ1) is 15.8. The van der Waals surface area contributed by atoms with E-state index in [-0.39, 0.29) is 18.1 Å². The van der Waals surface area contributed by atoms with Crippen molar-refractivity contribution in [2.24, 2.45) is 0 Å². The molecule has 7 nitrogen and oxygen atoms in total. The second kappa shape index (κ2) is 9.44. The van der Waals surface area contributed by atoms with Crippen LogP contribution in [0.1, 0.15) is 54.9 Å². The average molecular weight is 465 g/mol. The molecular formula is C25H21ClN2O5. The fraction of sp³-hybridized carbons (Fsp3) is 0.160. The second-order valence-electron chi connectivity index (χ2n) is 7.80. The molecule has 3 N–H and O–H groups in total. The first-order valence-electron chi connectivity index (χ1n) is 10.2. The zero-order valence-corrected chi connectivity index (χ0v) is 18.4. The molecule has 0 radical (unpaired) electrons. The number of nitrogens with one attached hydrogen (secondary N) is 2. The maximum absolute atomic E-state index is 13.3. The number of hydrogen-bond acceptors (Lipinski definition) is 4. The predicted octanol–water partition coefficient (Wildman–Crippen LogP) is 4.16. The van der Waals surface area contributed by atoms with Crippen LogP contribution in [0, 0.1) is 6.92 Å². The summed E-state index contributed by atoms with van der Waals surface area (Å²) < 4.78 is 0. The molecular weight excluding hydrogens is 444 g/mol. The van der Waals surface area contributed by atoms with Crippen LogP contribution in [-0.4, -0.2) is 22.9 Å². The summed E-state index contributed by atoms with van der Waals surface area (Å²) in [5.74, 6) is -2.58. The Bertz CT molecular complexity index is 1240. The number of carboxylic acid groups (broad SMARTS) is 1. The van der Waals surface area contributed by atoms with Crippen LogP contribution in [0.3, 0.4) is 0 Å². The predicted molar refractivity (Wildman–Crippen MR) is 122 cm³/mol. The van der Waals surface area contributed by atoms with E-state index in [0.29, 0.717) is 27.3 Å². The Labute approximate surface area is 195 Å². The van der Waals surface area contributed by atoms with E-state index < -0.39 is 23.8 Å². The highest BCUT2D eigenvalue weighted by molar-refractivity contribution is 6.31. The lowest BCUT2D eigenvalue weighted by Crippen LogP contribution is -2.44. The molecule has 0 bridgehead atoms. The van der Waals surface area contributed by atoms with E-state index in [1.54, 1.807) is 42.5 Å². The number of aryl methyl sites for hydroxylation is 1. The van der Waals surface area contributed by atoms with Crippen molar-refractivity contribution in [2.75, 3.05) is 0 Å². The van der Waals surface area contributed by atoms with E-state index in [0.717, 1.165) is 5.56 Å². The van der Waals surface area contributed by atoms with Gasteiger partial charge in [-0.25, -0.2) is 10.3 Å². The minimum atomic E-state index is -1.05. The number of amides is 2. The van der Waals surface area contributed by atoms with Crippen LogP contribution in [0.2, 0.25) is 5.02 Å². The molecule has 0 saturated heterocycles. The Morgan fingerprint density at radius 1 is 1.06 bits per heavy atom. The Morgan fingerprint density at radius 3 is 2.64 bits per heavy atom. The molecule has 1 aliphatic heterocycles. The highest BCUT2D eigenvalue weighted by atomic mass is 35.5. The zero-order valence-electron chi connectivity index (χ0n) is 17.7. The molecule has 0 aliphatic carbocycles. The number of fused-ring (bicyclic) bond motifs is 1. The van der Waals surface area contributed by atoms with E-state index in [9.17, 15) is 14.4 Å². The van der Waals surface area contributed by atoms with Crippen molar-refractivity contribution in [3.05, 3.63) is 105 Å². The first-order valence-corrected chi connectivity index (χ1v) is 10.6. The molecule has 168 valence electrons. The maximum Gasteiger partial charge on any atom is 0.335 e. The van der Waals surface area contributed by atoms with Crippen LogP contribution in [-0.2, 0) is 16.2 Å². The van der Waals surface area contributed by atoms with Gasteiger partial charge in [0.15, 0.2) is 0 Å². The van der Waals surface area contributed by atoms with E-state index in [1.807, 2.05) is 19.1 Å². The van der Waals surface area contributed by atoms with Gasteiger partial charge in [-0.3, -0.25) is 14.4 Å². The lowest BCUT2D eigenvalue weighted by atomic mass is 9.80. The van der Waals surface area contributed by atoms with Gasteiger partial charge in [-0.05, 0) is 47.9 Å². The lowest BCUT2D eigenvalue weighted by molar-refractivity contribution is -0.137. The fourth-order valence-electron chi connectivity index (χ4n) is 3.96. The maximum atomic E-state index is 13.3. The summed E-state index contributed by atoms with van der Waals surface area (Å²) in [6, 6.07) is 17.9. The van der Waals surface area contributed by atoms with E-state index in [2.05, 4.69) is 10.8 Å². The number of rotatable bonds is 6. The third-order valence-corrected chi connectivity index (χ3v) is 5.86. The zero-order chi connectivity index (χ0) is 23.5. The number of hydrogen-bond donors (Lipinski definition) is 3. The normalized spacial score (nSPS) is 17.1. The van der Waals surface area contributed by atoms with Gasteiger partial charge in [-0.15, -0.1) is 0 Å². The molecule has 1 aliphatic rings. The number of carbonyl (C=O) groups is 3. The molecule has 0 spiro atoms. The number of benzene rings is 3. The molecule has 33 heavy (non-hydrogen) atoms. The summed E-state index contributed by atoms with van der Waals surface area (Å²) >= 11 is 6.44. The first kappa shape index (κ1) is 22.5. The smallest absolute Gasteiger partial charge is 0.335 e. The summed E-state index contributed by atoms with van der Waals surface area (Å²) in [7, 11) is 0. The Kier molecular flexibility index (Phi) is 6.44. The Balaban J connectivity index is 1.60. The fourth-order valence-corrected chi connectivity index (χ4v) is 4.19. The topological polar surface area (TPSA) is 105 Å². The third-order valence-electron chi connectivity index (χ3n) is 5.51. The SMILES string of the molecule is Cc1ccc(Cl)c([C@@H]2NC(=O)c3ccccc3[C@H]2C(=O)NOCc2cccc(C(=O)O)c2)c1. The number of carbonyl (C=O) groups excluding carboxylic acids is 2. The van der Waals surface area contributed by atoms with Crippen LogP contribution in [0.15, 0.2) is 66.7 Å². The second-order valence-corrected chi connectivity index (χ2v) is 8.21. The molecule has 2 atom stereocenters. The molecule has 4 rings (SSSR count). The summed E-state index contributed by atoms with van der Waals surface area (Å²) in [4.78, 5) is 42.6. The van der Waals surface area contributed by atoms with Crippen molar-refractivity contribution in [3.63, 3.8) is 0 Å². The van der Waals surface area contributed by atoms with Crippen molar-refractivity contribution < 1.29 is 24.3 Å². The van der Waals surface area contributed by atoms with Gasteiger partial charge < -0.3 is 10.4 Å². The van der Waals surface area contributed by atoms with Crippen LogP contribution >= 0.6 is 11.6 Å². The van der Waals surface area contributed by atoms with Gasteiger partial charge in [0.1, 0.15) is 0 Å². The summed E-state index contributed by atoms with van der Waals surface area (Å²) in [5.41, 5.74) is 5.72. The van der Waals surface area contributed by atoms with Gasteiger partial charge in [0, 0.05) is 10.6 Å². The number of aromatic carboxylic acids is 1. The number of carboxylic acids is 1. The molecule has 1 heterocycles. The Hall–Kier alpha value is -3.68. The minimum absolute atomic E-state index is 0.0244. The van der Waals surface area contributed by atoms with Crippen molar-refractivity contribution >= 4 is 29.4 Å². The quantitative estimate of drug-likeness (QED) is 0.475. The van der Waals surface area contributed by atoms with E-state index in [4.69, 9.17) is 21.5 Å². The van der Waals surface area contributed by atoms with Gasteiger partial charge in [-0.2, -0.15) is 0 Å². The molecule has 3 aromatic carbocycles. The van der Waals surface area contributed by atoms with Gasteiger partial charge in [-0.1, -0.05) is 59.6 Å². The van der Waals surface area contributed by atoms with Crippen LogP contribution in [0.5, 0.6) is 0 Å². The molecule has 0 unspecified atom stereocenters. The van der Waals surface area contributed by atoms with E-state index >= 15 is 0 Å². The summed E-state index contributed by atoms with van der Waals surface area (Å²) in [6.45, 7) is 1.88. The average Bonchev–Trinajstić information content (AvgIpc) is 2.80. The standard InChI is InChI=1S/C25H21ClN2O5/c1-14-9-10-20(26)19(11-14)22-21(17-7-2-3-8-18(17)23(29)27-22)24(30)28-33-13-15-5-4-6-16(12-15)25(31)32/h2-12,21-22H,13H2,1H3,(H,27,29)(H,28,30)(H,31,32)/t21-,22+/m1/s1. The van der Waals surface area contributed by atoms with Crippen LogP contribution in [0.4, 0.5) is 0 Å².